The van der Waals surface area contributed by atoms with E-state index < -0.39 is 4.92 Å². The third-order valence-corrected chi connectivity index (χ3v) is 4.01. The van der Waals surface area contributed by atoms with Crippen molar-refractivity contribution in [1.82, 2.24) is 4.90 Å². The Labute approximate surface area is 160 Å². The van der Waals surface area contributed by atoms with E-state index in [1.54, 1.807) is 37.4 Å². The normalized spacial score (nSPS) is 10.7. The summed E-state index contributed by atoms with van der Waals surface area (Å²) in [7, 11) is 1.64. The van der Waals surface area contributed by atoms with E-state index in [2.05, 4.69) is 0 Å². The van der Waals surface area contributed by atoms with Gasteiger partial charge in [-0.3, -0.25) is 14.9 Å². The van der Waals surface area contributed by atoms with Crippen LogP contribution in [0.15, 0.2) is 48.5 Å². The molecule has 0 aromatic heterocycles. The molecule has 26 heavy (non-hydrogen) atoms. The van der Waals surface area contributed by atoms with E-state index in [1.165, 1.54) is 29.2 Å². The molecule has 2 aromatic carbocycles. The van der Waals surface area contributed by atoms with Crippen LogP contribution < -0.4 is 4.74 Å². The SMILES string of the molecule is CN(CCOc1cccc(Cl)c1)C(=O)/C=C/c1ccc(Cl)c([N+](=O)[O-])c1. The molecule has 0 aliphatic rings. The fraction of sp³-hybridized carbons (Fsp3) is 0.167. The summed E-state index contributed by atoms with van der Waals surface area (Å²) in [5, 5.41) is 11.5. The van der Waals surface area contributed by atoms with Crippen LogP contribution in [0.3, 0.4) is 0 Å². The lowest BCUT2D eigenvalue weighted by Gasteiger charge is -2.15. The maximum atomic E-state index is 12.1. The number of carbonyl (C=O) groups is 1. The zero-order valence-electron chi connectivity index (χ0n) is 13.9. The number of hydrogen-bond donors (Lipinski definition) is 0. The second-order valence-electron chi connectivity index (χ2n) is 5.37. The largest absolute Gasteiger partial charge is 0.492 e. The molecule has 0 atom stereocenters. The summed E-state index contributed by atoms with van der Waals surface area (Å²) in [6.07, 6.45) is 2.84. The van der Waals surface area contributed by atoms with Gasteiger partial charge in [-0.25, -0.2) is 0 Å². The standard InChI is InChI=1S/C18H16Cl2N2O4/c1-21(9-10-26-15-4-2-3-14(19)12-15)18(23)8-6-13-5-7-16(20)17(11-13)22(24)25/h2-8,11-12H,9-10H2,1H3/b8-6+. The molecule has 2 aromatic rings. The van der Waals surface area contributed by atoms with Crippen LogP contribution in [0.2, 0.25) is 10.0 Å². The molecule has 0 unspecified atom stereocenters. The molecule has 8 heteroatoms. The lowest BCUT2D eigenvalue weighted by Crippen LogP contribution is -2.29. The molecule has 136 valence electrons. The van der Waals surface area contributed by atoms with Crippen molar-refractivity contribution in [2.45, 2.75) is 0 Å². The van der Waals surface area contributed by atoms with Gasteiger partial charge in [0.1, 0.15) is 17.4 Å². The van der Waals surface area contributed by atoms with Crippen LogP contribution in [0.4, 0.5) is 5.69 Å². The smallest absolute Gasteiger partial charge is 0.288 e. The van der Waals surface area contributed by atoms with E-state index in [-0.39, 0.29) is 16.6 Å². The molecule has 0 heterocycles. The van der Waals surface area contributed by atoms with Crippen molar-refractivity contribution >= 4 is 40.9 Å². The lowest BCUT2D eigenvalue weighted by atomic mass is 10.2. The summed E-state index contributed by atoms with van der Waals surface area (Å²) >= 11 is 11.6. The zero-order valence-corrected chi connectivity index (χ0v) is 15.4. The van der Waals surface area contributed by atoms with E-state index in [9.17, 15) is 14.9 Å². The summed E-state index contributed by atoms with van der Waals surface area (Å²) in [5.74, 6) is 0.375. The number of nitrogens with zero attached hydrogens (tertiary/aromatic N) is 2. The monoisotopic (exact) mass is 394 g/mol. The average Bonchev–Trinajstić information content (AvgIpc) is 2.60. The first-order valence-electron chi connectivity index (χ1n) is 7.62. The Morgan fingerprint density at radius 1 is 1.27 bits per heavy atom. The summed E-state index contributed by atoms with van der Waals surface area (Å²) in [4.78, 5) is 23.9. The van der Waals surface area contributed by atoms with Crippen LogP contribution in [0.1, 0.15) is 5.56 Å². The van der Waals surface area contributed by atoms with E-state index >= 15 is 0 Å². The third-order valence-electron chi connectivity index (χ3n) is 3.45. The first kappa shape index (κ1) is 19.8. The summed E-state index contributed by atoms with van der Waals surface area (Å²) in [6.45, 7) is 0.680. The average molecular weight is 395 g/mol. The number of ether oxygens (including phenoxy) is 1. The topological polar surface area (TPSA) is 72.7 Å². The summed E-state index contributed by atoms with van der Waals surface area (Å²) < 4.78 is 5.53. The Kier molecular flexibility index (Phi) is 7.00. The lowest BCUT2D eigenvalue weighted by molar-refractivity contribution is -0.384. The van der Waals surface area contributed by atoms with Crippen molar-refractivity contribution in [1.29, 1.82) is 0 Å². The number of nitro groups is 1. The van der Waals surface area contributed by atoms with Gasteiger partial charge in [0.2, 0.25) is 5.91 Å². The molecule has 0 N–H and O–H groups in total. The molecular formula is C18H16Cl2N2O4. The predicted octanol–water partition coefficient (Wildman–Crippen LogP) is 4.45. The van der Waals surface area contributed by atoms with Gasteiger partial charge in [0.25, 0.3) is 5.69 Å². The number of amides is 1. The van der Waals surface area contributed by atoms with Crippen molar-refractivity contribution in [3.8, 4) is 5.75 Å². The van der Waals surface area contributed by atoms with Crippen LogP contribution in [0.5, 0.6) is 5.75 Å². The van der Waals surface area contributed by atoms with Crippen molar-refractivity contribution in [2.75, 3.05) is 20.2 Å². The number of benzene rings is 2. The molecule has 0 saturated carbocycles. The van der Waals surface area contributed by atoms with Crippen LogP contribution in [-0.2, 0) is 4.79 Å². The highest BCUT2D eigenvalue weighted by molar-refractivity contribution is 6.32. The molecule has 0 aliphatic heterocycles. The third kappa shape index (κ3) is 5.75. The minimum absolute atomic E-state index is 0.0498. The Morgan fingerprint density at radius 3 is 2.73 bits per heavy atom. The Hall–Kier alpha value is -2.57. The minimum Gasteiger partial charge on any atom is -0.492 e. The highest BCUT2D eigenvalue weighted by atomic mass is 35.5. The zero-order chi connectivity index (χ0) is 19.1. The second-order valence-corrected chi connectivity index (χ2v) is 6.21. The number of rotatable bonds is 7. The quantitative estimate of drug-likeness (QED) is 0.394. The molecule has 0 aliphatic carbocycles. The highest BCUT2D eigenvalue weighted by Gasteiger charge is 2.12. The van der Waals surface area contributed by atoms with Gasteiger partial charge in [-0.15, -0.1) is 0 Å². The molecule has 0 radical (unpaired) electrons. The minimum atomic E-state index is -0.569. The number of carbonyl (C=O) groups excluding carboxylic acids is 1. The van der Waals surface area contributed by atoms with Crippen molar-refractivity contribution in [3.63, 3.8) is 0 Å². The van der Waals surface area contributed by atoms with Gasteiger partial charge < -0.3 is 9.64 Å². The van der Waals surface area contributed by atoms with Crippen molar-refractivity contribution < 1.29 is 14.5 Å². The van der Waals surface area contributed by atoms with E-state index in [0.29, 0.717) is 29.5 Å². The molecule has 2 rings (SSSR count). The Bertz CT molecular complexity index is 840. The molecule has 0 fully saturated rings. The van der Waals surface area contributed by atoms with Crippen LogP contribution in [-0.4, -0.2) is 35.9 Å². The molecule has 0 saturated heterocycles. The number of hydrogen-bond acceptors (Lipinski definition) is 4. The van der Waals surface area contributed by atoms with Crippen LogP contribution >= 0.6 is 23.2 Å². The van der Waals surface area contributed by atoms with Crippen LogP contribution in [0, 0.1) is 10.1 Å². The molecule has 6 nitrogen and oxygen atoms in total. The van der Waals surface area contributed by atoms with E-state index in [0.717, 1.165) is 0 Å². The van der Waals surface area contributed by atoms with Crippen molar-refractivity contribution in [3.05, 3.63) is 74.3 Å². The van der Waals surface area contributed by atoms with Crippen molar-refractivity contribution in [2.24, 2.45) is 0 Å². The Balaban J connectivity index is 1.89. The number of halogens is 2. The van der Waals surface area contributed by atoms with Gasteiger partial charge in [0.05, 0.1) is 11.5 Å². The molecule has 0 bridgehead atoms. The predicted molar refractivity (Wildman–Crippen MR) is 102 cm³/mol. The number of nitro benzene ring substituents is 1. The summed E-state index contributed by atoms with van der Waals surface area (Å²) in [6, 6.07) is 11.3. The van der Waals surface area contributed by atoms with E-state index in [1.807, 2.05) is 0 Å². The van der Waals surface area contributed by atoms with E-state index in [4.69, 9.17) is 27.9 Å². The maximum Gasteiger partial charge on any atom is 0.288 e. The van der Waals surface area contributed by atoms with Crippen LogP contribution in [0.25, 0.3) is 6.08 Å². The van der Waals surface area contributed by atoms with Gasteiger partial charge in [0, 0.05) is 24.2 Å². The van der Waals surface area contributed by atoms with Gasteiger partial charge in [0.15, 0.2) is 0 Å². The summed E-state index contributed by atoms with van der Waals surface area (Å²) in [5.41, 5.74) is 0.308. The first-order chi connectivity index (χ1) is 12.4. The Morgan fingerprint density at radius 2 is 2.04 bits per heavy atom. The fourth-order valence-electron chi connectivity index (χ4n) is 2.04. The molecule has 1 amide bonds. The van der Waals surface area contributed by atoms with Gasteiger partial charge in [-0.1, -0.05) is 35.3 Å². The van der Waals surface area contributed by atoms with Gasteiger partial charge in [-0.05, 0) is 35.9 Å². The fourth-order valence-corrected chi connectivity index (χ4v) is 2.40. The highest BCUT2D eigenvalue weighted by Crippen LogP contribution is 2.25. The molecule has 0 spiro atoms. The second kappa shape index (κ2) is 9.22. The maximum absolute atomic E-state index is 12.1. The number of likely N-dealkylation sites (N-methyl/N-ethyl adjacent to an activating group) is 1. The van der Waals surface area contributed by atoms with Gasteiger partial charge in [-0.2, -0.15) is 0 Å². The first-order valence-corrected chi connectivity index (χ1v) is 8.38. The molecular weight excluding hydrogens is 379 g/mol. The van der Waals surface area contributed by atoms with Gasteiger partial charge >= 0.3 is 0 Å².